The Labute approximate surface area is 125 Å². The molecule has 19 heavy (non-hydrogen) atoms. The van der Waals surface area contributed by atoms with E-state index in [9.17, 15) is 5.11 Å². The molecule has 3 N–H and O–H groups in total. The molecule has 2 aromatic carbocycles. The Morgan fingerprint density at radius 2 is 1.74 bits per heavy atom. The van der Waals surface area contributed by atoms with Gasteiger partial charge >= 0.3 is 0 Å². The van der Waals surface area contributed by atoms with Gasteiger partial charge in [0.05, 0.1) is 0 Å². The lowest BCUT2D eigenvalue weighted by atomic mass is 10.2. The summed E-state index contributed by atoms with van der Waals surface area (Å²) in [6.45, 7) is 0. The van der Waals surface area contributed by atoms with E-state index in [0.29, 0.717) is 4.99 Å². The molecule has 98 valence electrons. The first-order valence-corrected chi connectivity index (χ1v) is 6.81. The maximum absolute atomic E-state index is 9.30. The monoisotopic (exact) mass is 336 g/mol. The molecule has 5 heteroatoms. The lowest BCUT2D eigenvalue weighted by Gasteiger charge is -2.20. The second-order valence-corrected chi connectivity index (χ2v) is 5.40. The molecule has 0 saturated heterocycles. The van der Waals surface area contributed by atoms with Crippen molar-refractivity contribution in [2.45, 2.75) is 0 Å². The molecule has 0 radical (unpaired) electrons. The van der Waals surface area contributed by atoms with E-state index in [-0.39, 0.29) is 5.75 Å². The molecular formula is C14H13BrN2OS. The van der Waals surface area contributed by atoms with E-state index in [1.54, 1.807) is 12.1 Å². The number of phenolic OH excluding ortho intramolecular Hbond substituents is 1. The van der Waals surface area contributed by atoms with Crippen molar-refractivity contribution in [3.63, 3.8) is 0 Å². The van der Waals surface area contributed by atoms with Gasteiger partial charge in [0.2, 0.25) is 0 Å². The van der Waals surface area contributed by atoms with Crippen LogP contribution in [0, 0.1) is 0 Å². The molecule has 0 atom stereocenters. The van der Waals surface area contributed by atoms with Crippen molar-refractivity contribution in [1.82, 2.24) is 0 Å². The quantitative estimate of drug-likeness (QED) is 0.841. The Morgan fingerprint density at radius 3 is 2.26 bits per heavy atom. The van der Waals surface area contributed by atoms with E-state index in [2.05, 4.69) is 15.9 Å². The highest BCUT2D eigenvalue weighted by atomic mass is 79.9. The summed E-state index contributed by atoms with van der Waals surface area (Å²) in [6.07, 6.45) is 0. The van der Waals surface area contributed by atoms with E-state index in [1.807, 2.05) is 42.3 Å². The number of anilines is 2. The fourth-order valence-corrected chi connectivity index (χ4v) is 2.63. The Balaban J connectivity index is 2.34. The van der Waals surface area contributed by atoms with Gasteiger partial charge in [0.1, 0.15) is 10.7 Å². The standard InChI is InChI=1S/C14H13BrN2OS/c1-17(9-2-5-11(18)6-3-9)10-4-7-12(14(16)19)13(15)8-10/h2-8,18H,1H3,(H2,16,19). The van der Waals surface area contributed by atoms with Crippen LogP contribution in [-0.2, 0) is 0 Å². The molecule has 2 rings (SSSR count). The second-order valence-electron chi connectivity index (χ2n) is 4.10. The summed E-state index contributed by atoms with van der Waals surface area (Å²) < 4.78 is 0.864. The first kappa shape index (κ1) is 13.8. The molecule has 0 amide bonds. The Kier molecular flexibility index (Phi) is 4.07. The van der Waals surface area contributed by atoms with Gasteiger partial charge in [0.15, 0.2) is 0 Å². The summed E-state index contributed by atoms with van der Waals surface area (Å²) in [6, 6.07) is 12.8. The van der Waals surface area contributed by atoms with Crippen molar-refractivity contribution >= 4 is 44.5 Å². The van der Waals surface area contributed by atoms with E-state index >= 15 is 0 Å². The predicted octanol–water partition coefficient (Wildman–Crippen LogP) is 3.56. The minimum atomic E-state index is 0.252. The number of benzene rings is 2. The predicted molar refractivity (Wildman–Crippen MR) is 86.2 cm³/mol. The van der Waals surface area contributed by atoms with Gasteiger partial charge in [0.25, 0.3) is 0 Å². The number of nitrogens with zero attached hydrogens (tertiary/aromatic N) is 1. The van der Waals surface area contributed by atoms with E-state index in [4.69, 9.17) is 18.0 Å². The molecule has 3 nitrogen and oxygen atoms in total. The lowest BCUT2D eigenvalue weighted by Crippen LogP contribution is -2.12. The molecule has 0 aliphatic heterocycles. The molecule has 2 aromatic rings. The van der Waals surface area contributed by atoms with Crippen molar-refractivity contribution < 1.29 is 5.11 Å². The second kappa shape index (κ2) is 5.59. The Bertz CT molecular complexity index is 613. The van der Waals surface area contributed by atoms with Crippen molar-refractivity contribution in [3.8, 4) is 5.75 Å². The van der Waals surface area contributed by atoms with Crippen LogP contribution in [0.1, 0.15) is 5.56 Å². The minimum Gasteiger partial charge on any atom is -0.508 e. The summed E-state index contributed by atoms with van der Waals surface area (Å²) in [5, 5.41) is 9.30. The smallest absolute Gasteiger partial charge is 0.115 e. The zero-order valence-electron chi connectivity index (χ0n) is 10.3. The summed E-state index contributed by atoms with van der Waals surface area (Å²) in [4.78, 5) is 2.37. The van der Waals surface area contributed by atoms with E-state index < -0.39 is 0 Å². The summed E-state index contributed by atoms with van der Waals surface area (Å²) >= 11 is 8.44. The number of hydrogen-bond acceptors (Lipinski definition) is 3. The molecule has 0 fully saturated rings. The van der Waals surface area contributed by atoms with Crippen LogP contribution in [0.5, 0.6) is 5.75 Å². The van der Waals surface area contributed by atoms with E-state index in [0.717, 1.165) is 21.4 Å². The van der Waals surface area contributed by atoms with Crippen LogP contribution in [0.3, 0.4) is 0 Å². The van der Waals surface area contributed by atoms with Gasteiger partial charge in [-0.3, -0.25) is 0 Å². The van der Waals surface area contributed by atoms with Crippen LogP contribution in [-0.4, -0.2) is 17.1 Å². The summed E-state index contributed by atoms with van der Waals surface area (Å²) in [5.41, 5.74) is 8.42. The third kappa shape index (κ3) is 3.05. The van der Waals surface area contributed by atoms with Crippen molar-refractivity contribution in [1.29, 1.82) is 0 Å². The third-order valence-corrected chi connectivity index (χ3v) is 3.72. The molecule has 0 saturated carbocycles. The molecule has 0 heterocycles. The average molecular weight is 337 g/mol. The van der Waals surface area contributed by atoms with Crippen LogP contribution in [0.25, 0.3) is 0 Å². The first-order chi connectivity index (χ1) is 8.99. The van der Waals surface area contributed by atoms with Crippen LogP contribution < -0.4 is 10.6 Å². The molecule has 0 spiro atoms. The first-order valence-electron chi connectivity index (χ1n) is 5.61. The zero-order chi connectivity index (χ0) is 14.0. The van der Waals surface area contributed by atoms with Crippen LogP contribution in [0.15, 0.2) is 46.9 Å². The average Bonchev–Trinajstić information content (AvgIpc) is 2.38. The topological polar surface area (TPSA) is 49.5 Å². The Morgan fingerprint density at radius 1 is 1.16 bits per heavy atom. The molecule has 0 aromatic heterocycles. The van der Waals surface area contributed by atoms with Gasteiger partial charge in [-0.2, -0.15) is 0 Å². The number of nitrogens with two attached hydrogens (primary N) is 1. The minimum absolute atomic E-state index is 0.252. The maximum Gasteiger partial charge on any atom is 0.115 e. The molecule has 0 bridgehead atoms. The van der Waals surface area contributed by atoms with Gasteiger partial charge in [0, 0.05) is 28.5 Å². The number of rotatable bonds is 3. The fourth-order valence-electron chi connectivity index (χ4n) is 1.74. The van der Waals surface area contributed by atoms with Gasteiger partial charge in [-0.1, -0.05) is 12.2 Å². The van der Waals surface area contributed by atoms with Crippen LogP contribution >= 0.6 is 28.1 Å². The highest BCUT2D eigenvalue weighted by Crippen LogP contribution is 2.29. The Hall–Kier alpha value is -1.59. The number of hydrogen-bond donors (Lipinski definition) is 2. The zero-order valence-corrected chi connectivity index (χ0v) is 12.7. The molecule has 0 unspecified atom stereocenters. The molecule has 0 aliphatic rings. The van der Waals surface area contributed by atoms with Gasteiger partial charge in [-0.05, 0) is 58.4 Å². The summed E-state index contributed by atoms with van der Waals surface area (Å²) in [5.74, 6) is 0.252. The fraction of sp³-hybridized carbons (Fsp3) is 0.0714. The summed E-state index contributed by atoms with van der Waals surface area (Å²) in [7, 11) is 1.95. The van der Waals surface area contributed by atoms with Crippen molar-refractivity contribution in [2.24, 2.45) is 5.73 Å². The van der Waals surface area contributed by atoms with Crippen LogP contribution in [0.2, 0.25) is 0 Å². The number of halogens is 1. The highest BCUT2D eigenvalue weighted by Gasteiger charge is 2.08. The van der Waals surface area contributed by atoms with Crippen molar-refractivity contribution in [2.75, 3.05) is 11.9 Å². The molecule has 0 aliphatic carbocycles. The number of thiocarbonyl (C=S) groups is 1. The number of aromatic hydroxyl groups is 1. The SMILES string of the molecule is CN(c1ccc(O)cc1)c1ccc(C(N)=S)c(Br)c1. The normalized spacial score (nSPS) is 10.2. The van der Waals surface area contributed by atoms with Crippen molar-refractivity contribution in [3.05, 3.63) is 52.5 Å². The molecular weight excluding hydrogens is 324 g/mol. The van der Waals surface area contributed by atoms with Gasteiger partial charge < -0.3 is 15.7 Å². The van der Waals surface area contributed by atoms with Gasteiger partial charge in [-0.15, -0.1) is 0 Å². The third-order valence-electron chi connectivity index (χ3n) is 2.84. The lowest BCUT2D eigenvalue weighted by molar-refractivity contribution is 0.475. The number of phenols is 1. The maximum atomic E-state index is 9.30. The van der Waals surface area contributed by atoms with Gasteiger partial charge in [-0.25, -0.2) is 0 Å². The van der Waals surface area contributed by atoms with E-state index in [1.165, 1.54) is 0 Å². The highest BCUT2D eigenvalue weighted by molar-refractivity contribution is 9.10. The largest absolute Gasteiger partial charge is 0.508 e. The van der Waals surface area contributed by atoms with Crippen LogP contribution in [0.4, 0.5) is 11.4 Å².